The number of nitrogens with one attached hydrogen (secondary N) is 2. The number of H-pyrrole nitrogens is 1. The van der Waals surface area contributed by atoms with E-state index in [1.54, 1.807) is 0 Å². The van der Waals surface area contributed by atoms with Crippen LogP contribution in [-0.2, 0) is 14.8 Å². The molecule has 3 heterocycles. The zero-order valence-corrected chi connectivity index (χ0v) is 18.8. The summed E-state index contributed by atoms with van der Waals surface area (Å²) in [6.45, 7) is 0. The number of rotatable bonds is 7. The Balaban J connectivity index is 2.11. The van der Waals surface area contributed by atoms with E-state index in [0.29, 0.717) is 0 Å². The van der Waals surface area contributed by atoms with Gasteiger partial charge < -0.3 is 14.2 Å². The SMILES string of the molecule is COC(=O)c1cn[nH]c1S(=O)(=O)N(C(=O)Nc1nc(OC)cc(OC)n1)c1cccc(Cl)n1. The van der Waals surface area contributed by atoms with Gasteiger partial charge in [0.05, 0.1) is 33.6 Å². The van der Waals surface area contributed by atoms with Crippen molar-refractivity contribution in [3.63, 3.8) is 0 Å². The van der Waals surface area contributed by atoms with Gasteiger partial charge in [-0.3, -0.25) is 10.4 Å². The summed E-state index contributed by atoms with van der Waals surface area (Å²) in [5.74, 6) is -1.65. The summed E-state index contributed by atoms with van der Waals surface area (Å²) < 4.78 is 41.7. The van der Waals surface area contributed by atoms with Crippen molar-refractivity contribution >= 4 is 45.4 Å². The molecule has 0 aliphatic rings. The van der Waals surface area contributed by atoms with Gasteiger partial charge in [0.25, 0.3) is 10.0 Å². The summed E-state index contributed by atoms with van der Waals surface area (Å²) in [6, 6.07) is 4.05. The van der Waals surface area contributed by atoms with Crippen molar-refractivity contribution in [2.24, 2.45) is 0 Å². The van der Waals surface area contributed by atoms with Crippen LogP contribution >= 0.6 is 11.6 Å². The molecule has 16 heteroatoms. The number of ether oxygens (including phenoxy) is 3. The summed E-state index contributed by atoms with van der Waals surface area (Å²) in [4.78, 5) is 36.9. The van der Waals surface area contributed by atoms with Gasteiger partial charge in [0, 0.05) is 0 Å². The lowest BCUT2D eigenvalue weighted by molar-refractivity contribution is 0.0596. The molecule has 0 aliphatic heterocycles. The molecule has 0 fully saturated rings. The standard InChI is InChI=1S/C17H16ClN7O7S/c1-30-12-7-13(31-2)22-16(21-12)23-17(27)25(11-6-4-5-10(18)20-11)33(28,29)14-9(8-19-24-14)15(26)32-3/h4-8H,1-3H3,(H,19,24)(H,21,22,23,27). The fourth-order valence-corrected chi connectivity index (χ4v) is 4.02. The number of pyridine rings is 1. The lowest BCUT2D eigenvalue weighted by Crippen LogP contribution is -2.41. The molecule has 2 N–H and O–H groups in total. The second-order valence-electron chi connectivity index (χ2n) is 5.90. The van der Waals surface area contributed by atoms with Crippen LogP contribution in [0.2, 0.25) is 5.15 Å². The van der Waals surface area contributed by atoms with Gasteiger partial charge in [-0.2, -0.15) is 27.8 Å². The number of hydrogen-bond acceptors (Lipinski definition) is 11. The summed E-state index contributed by atoms with van der Waals surface area (Å²) in [7, 11) is -1.09. The first kappa shape index (κ1) is 23.7. The van der Waals surface area contributed by atoms with Crippen molar-refractivity contribution < 1.29 is 32.2 Å². The van der Waals surface area contributed by atoms with E-state index < -0.39 is 32.6 Å². The van der Waals surface area contributed by atoms with Crippen LogP contribution in [0.5, 0.6) is 11.8 Å². The number of hydrogen-bond donors (Lipinski definition) is 2. The molecule has 33 heavy (non-hydrogen) atoms. The molecular weight excluding hydrogens is 482 g/mol. The Morgan fingerprint density at radius 3 is 2.33 bits per heavy atom. The number of sulfonamides is 1. The second-order valence-corrected chi connectivity index (χ2v) is 8.01. The average molecular weight is 498 g/mol. The van der Waals surface area contributed by atoms with Crippen LogP contribution in [-0.4, -0.2) is 66.9 Å². The molecule has 0 aromatic carbocycles. The molecule has 0 bridgehead atoms. The first-order chi connectivity index (χ1) is 15.7. The van der Waals surface area contributed by atoms with Crippen LogP contribution in [0, 0.1) is 0 Å². The molecule has 0 atom stereocenters. The number of esters is 1. The number of nitrogens with zero attached hydrogens (tertiary/aromatic N) is 5. The molecule has 3 aromatic heterocycles. The van der Waals surface area contributed by atoms with Gasteiger partial charge >= 0.3 is 12.0 Å². The van der Waals surface area contributed by atoms with E-state index in [1.165, 1.54) is 38.5 Å². The highest BCUT2D eigenvalue weighted by Crippen LogP contribution is 2.26. The van der Waals surface area contributed by atoms with Crippen LogP contribution in [0.4, 0.5) is 16.6 Å². The Labute approximate surface area is 191 Å². The molecular formula is C17H16ClN7O7S. The number of carbonyl (C=O) groups excluding carboxylic acids is 2. The van der Waals surface area contributed by atoms with Gasteiger partial charge in [-0.15, -0.1) is 0 Å². The van der Waals surface area contributed by atoms with E-state index in [4.69, 9.17) is 21.1 Å². The Kier molecular flexibility index (Phi) is 6.93. The van der Waals surface area contributed by atoms with Crippen LogP contribution in [0.1, 0.15) is 10.4 Å². The van der Waals surface area contributed by atoms with Crippen molar-refractivity contribution in [3.05, 3.63) is 41.2 Å². The third-order valence-electron chi connectivity index (χ3n) is 3.92. The van der Waals surface area contributed by atoms with E-state index in [2.05, 4.69) is 35.2 Å². The molecule has 174 valence electrons. The van der Waals surface area contributed by atoms with Crippen molar-refractivity contribution in [1.82, 2.24) is 25.1 Å². The van der Waals surface area contributed by atoms with Crippen LogP contribution in [0.15, 0.2) is 35.5 Å². The van der Waals surface area contributed by atoms with Gasteiger partial charge in [0.15, 0.2) is 10.8 Å². The Hall–Kier alpha value is -3.98. The van der Waals surface area contributed by atoms with Gasteiger partial charge in [-0.25, -0.2) is 14.6 Å². The van der Waals surface area contributed by atoms with E-state index in [1.807, 2.05) is 0 Å². The molecule has 2 amide bonds. The maximum Gasteiger partial charge on any atom is 0.344 e. The summed E-state index contributed by atoms with van der Waals surface area (Å²) in [6.07, 6.45) is 0.941. The van der Waals surface area contributed by atoms with Crippen LogP contribution in [0.25, 0.3) is 0 Å². The maximum absolute atomic E-state index is 13.4. The highest BCUT2D eigenvalue weighted by Gasteiger charge is 2.37. The lowest BCUT2D eigenvalue weighted by Gasteiger charge is -2.21. The molecule has 14 nitrogen and oxygen atoms in total. The second kappa shape index (κ2) is 9.66. The number of halogens is 1. The molecule has 0 spiro atoms. The van der Waals surface area contributed by atoms with Crippen molar-refractivity contribution in [3.8, 4) is 11.8 Å². The maximum atomic E-state index is 13.4. The molecule has 3 aromatic rings. The molecule has 3 rings (SSSR count). The molecule has 0 unspecified atom stereocenters. The molecule has 0 saturated carbocycles. The Morgan fingerprint density at radius 1 is 1.09 bits per heavy atom. The van der Waals surface area contributed by atoms with E-state index >= 15 is 0 Å². The Morgan fingerprint density at radius 2 is 1.76 bits per heavy atom. The number of aromatic nitrogens is 5. The number of urea groups is 1. The highest BCUT2D eigenvalue weighted by atomic mass is 35.5. The number of anilines is 2. The van der Waals surface area contributed by atoms with E-state index in [-0.39, 0.29) is 33.0 Å². The third kappa shape index (κ3) is 4.93. The van der Waals surface area contributed by atoms with Crippen LogP contribution in [0.3, 0.4) is 0 Å². The zero-order valence-electron chi connectivity index (χ0n) is 17.3. The number of aromatic amines is 1. The average Bonchev–Trinajstić information content (AvgIpc) is 3.29. The largest absolute Gasteiger partial charge is 0.481 e. The summed E-state index contributed by atoms with van der Waals surface area (Å²) in [5, 5.41) is 7.18. The molecule has 0 aliphatic carbocycles. The minimum Gasteiger partial charge on any atom is -0.481 e. The minimum absolute atomic E-state index is 0.0361. The number of carbonyl (C=O) groups is 2. The summed E-state index contributed by atoms with van der Waals surface area (Å²) >= 11 is 5.90. The van der Waals surface area contributed by atoms with Gasteiger partial charge in [0.1, 0.15) is 10.7 Å². The number of amides is 2. The first-order valence-electron chi connectivity index (χ1n) is 8.79. The van der Waals surface area contributed by atoms with E-state index in [0.717, 1.165) is 13.3 Å². The zero-order chi connectivity index (χ0) is 24.2. The highest BCUT2D eigenvalue weighted by molar-refractivity contribution is 7.93. The van der Waals surface area contributed by atoms with Crippen molar-refractivity contribution in [2.45, 2.75) is 5.03 Å². The van der Waals surface area contributed by atoms with Crippen molar-refractivity contribution in [1.29, 1.82) is 0 Å². The number of methoxy groups -OCH3 is 3. The monoisotopic (exact) mass is 497 g/mol. The molecule has 0 saturated heterocycles. The van der Waals surface area contributed by atoms with Gasteiger partial charge in [-0.1, -0.05) is 17.7 Å². The molecule has 0 radical (unpaired) electrons. The minimum atomic E-state index is -4.80. The van der Waals surface area contributed by atoms with Gasteiger partial charge in [0.2, 0.25) is 17.7 Å². The third-order valence-corrected chi connectivity index (χ3v) is 5.79. The first-order valence-corrected chi connectivity index (χ1v) is 10.6. The fourth-order valence-electron chi connectivity index (χ4n) is 2.48. The van der Waals surface area contributed by atoms with E-state index in [9.17, 15) is 18.0 Å². The normalized spacial score (nSPS) is 10.9. The predicted octanol–water partition coefficient (Wildman–Crippen LogP) is 1.48. The quantitative estimate of drug-likeness (QED) is 0.356. The smallest absolute Gasteiger partial charge is 0.344 e. The fraction of sp³-hybridized carbons (Fsp3) is 0.176. The van der Waals surface area contributed by atoms with Crippen LogP contribution < -0.4 is 19.1 Å². The predicted molar refractivity (Wildman–Crippen MR) is 113 cm³/mol. The lowest BCUT2D eigenvalue weighted by atomic mass is 10.4. The topological polar surface area (TPSA) is 179 Å². The van der Waals surface area contributed by atoms with Crippen molar-refractivity contribution in [2.75, 3.05) is 31.0 Å². The van der Waals surface area contributed by atoms with Gasteiger partial charge in [-0.05, 0) is 12.1 Å². The Bertz CT molecular complexity index is 1280. The summed E-state index contributed by atoms with van der Waals surface area (Å²) in [5.41, 5.74) is -0.434.